The number of hydrogen-bond acceptors (Lipinski definition) is 6. The van der Waals surface area contributed by atoms with E-state index in [0.717, 1.165) is 10.9 Å². The van der Waals surface area contributed by atoms with Gasteiger partial charge in [-0.2, -0.15) is 4.39 Å². The van der Waals surface area contributed by atoms with E-state index in [-0.39, 0.29) is 10.6 Å². The van der Waals surface area contributed by atoms with Gasteiger partial charge in [0.05, 0.1) is 11.2 Å². The van der Waals surface area contributed by atoms with Crippen LogP contribution in [0.1, 0.15) is 11.3 Å². The predicted octanol–water partition coefficient (Wildman–Crippen LogP) is 3.58. The zero-order valence-corrected chi connectivity index (χ0v) is 17.2. The van der Waals surface area contributed by atoms with Gasteiger partial charge in [0.2, 0.25) is 5.95 Å². The number of halogens is 1. The molecule has 0 bridgehead atoms. The Balaban J connectivity index is 1.85. The Hall–Kier alpha value is -3.30. The van der Waals surface area contributed by atoms with E-state index in [1.54, 1.807) is 50.5 Å². The zero-order valence-electron chi connectivity index (χ0n) is 16.4. The summed E-state index contributed by atoms with van der Waals surface area (Å²) in [5, 5.41) is 6.81. The van der Waals surface area contributed by atoms with Crippen molar-refractivity contribution in [3.63, 3.8) is 0 Å². The third-order valence-corrected chi connectivity index (χ3v) is 6.34. The van der Waals surface area contributed by atoms with Crippen molar-refractivity contribution in [2.45, 2.75) is 18.4 Å². The lowest BCUT2D eigenvalue weighted by molar-refractivity contribution is 0.584. The second-order valence-electron chi connectivity index (χ2n) is 6.82. The molecular weight excluding hydrogens is 405 g/mol. The van der Waals surface area contributed by atoms with Crippen molar-refractivity contribution in [2.75, 3.05) is 12.4 Å². The average molecular weight is 425 g/mol. The molecule has 3 aromatic heterocycles. The highest BCUT2D eigenvalue weighted by atomic mass is 32.2. The molecule has 3 heterocycles. The second-order valence-corrected chi connectivity index (χ2v) is 8.64. The fourth-order valence-corrected chi connectivity index (χ4v) is 4.61. The highest BCUT2D eigenvalue weighted by Crippen LogP contribution is 2.30. The van der Waals surface area contributed by atoms with Crippen molar-refractivity contribution in [2.24, 2.45) is 0 Å². The van der Waals surface area contributed by atoms with Gasteiger partial charge < -0.3 is 10.6 Å². The lowest BCUT2D eigenvalue weighted by Crippen LogP contribution is -2.12. The molecule has 0 fully saturated rings. The summed E-state index contributed by atoms with van der Waals surface area (Å²) in [6, 6.07) is 11.7. The Morgan fingerprint density at radius 1 is 1.17 bits per heavy atom. The topological polar surface area (TPSA) is 88.9 Å². The van der Waals surface area contributed by atoms with E-state index in [0.29, 0.717) is 23.4 Å². The Kier molecular flexibility index (Phi) is 5.23. The summed E-state index contributed by atoms with van der Waals surface area (Å²) in [5.41, 5.74) is 2.64. The van der Waals surface area contributed by atoms with E-state index >= 15 is 0 Å². The number of aromatic nitrogens is 3. The lowest BCUT2D eigenvalue weighted by atomic mass is 10.1. The summed E-state index contributed by atoms with van der Waals surface area (Å²) in [5.74, 6) is -0.621. The largest absolute Gasteiger partial charge is 0.352 e. The van der Waals surface area contributed by atoms with Crippen molar-refractivity contribution < 1.29 is 12.8 Å². The van der Waals surface area contributed by atoms with Gasteiger partial charge >= 0.3 is 0 Å². The molecule has 0 aliphatic heterocycles. The fraction of sp³-hybridized carbons (Fsp3) is 0.143. The Bertz CT molecular complexity index is 1320. The molecule has 0 saturated heterocycles. The predicted molar refractivity (Wildman–Crippen MR) is 114 cm³/mol. The van der Waals surface area contributed by atoms with Crippen LogP contribution in [-0.2, 0) is 16.6 Å². The number of rotatable bonds is 6. The Labute approximate surface area is 173 Å². The molecule has 0 saturated carbocycles. The molecule has 9 heteroatoms. The van der Waals surface area contributed by atoms with Crippen LogP contribution in [0, 0.1) is 12.9 Å². The fourth-order valence-electron chi connectivity index (χ4n) is 3.26. The van der Waals surface area contributed by atoms with Crippen molar-refractivity contribution in [3.05, 3.63) is 78.3 Å². The van der Waals surface area contributed by atoms with Crippen LogP contribution in [0.25, 0.3) is 10.9 Å². The molecule has 0 aliphatic carbocycles. The SMILES string of the molecule is CNCc1cn(S(=O)(=O)c2cccnc2)c2cc(Nc3ccc(C)nc3F)ccc12. The molecule has 1 aromatic carbocycles. The van der Waals surface area contributed by atoms with Crippen molar-refractivity contribution in [3.8, 4) is 0 Å². The van der Waals surface area contributed by atoms with Crippen LogP contribution in [-0.4, -0.2) is 29.4 Å². The van der Waals surface area contributed by atoms with E-state index in [1.807, 2.05) is 6.07 Å². The molecule has 0 aliphatic rings. The quantitative estimate of drug-likeness (QED) is 0.459. The molecule has 0 unspecified atom stereocenters. The Morgan fingerprint density at radius 2 is 2.00 bits per heavy atom. The number of pyridine rings is 2. The number of anilines is 2. The first kappa shape index (κ1) is 20.0. The van der Waals surface area contributed by atoms with E-state index in [4.69, 9.17) is 0 Å². The van der Waals surface area contributed by atoms with E-state index in [9.17, 15) is 12.8 Å². The molecule has 4 aromatic rings. The molecular formula is C21H20FN5O2S. The van der Waals surface area contributed by atoms with Gasteiger partial charge in [-0.05, 0) is 55.9 Å². The van der Waals surface area contributed by atoms with Crippen molar-refractivity contribution >= 4 is 32.3 Å². The maximum absolute atomic E-state index is 14.2. The summed E-state index contributed by atoms with van der Waals surface area (Å²) in [7, 11) is -2.06. The molecule has 7 nitrogen and oxygen atoms in total. The van der Waals surface area contributed by atoms with Gasteiger partial charge in [-0.3, -0.25) is 4.98 Å². The van der Waals surface area contributed by atoms with Gasteiger partial charge in [0, 0.05) is 41.9 Å². The summed E-state index contributed by atoms with van der Waals surface area (Å²) in [4.78, 5) is 7.82. The van der Waals surface area contributed by atoms with Crippen LogP contribution in [0.15, 0.2) is 66.0 Å². The zero-order chi connectivity index (χ0) is 21.3. The van der Waals surface area contributed by atoms with Gasteiger partial charge in [-0.15, -0.1) is 0 Å². The number of nitrogens with zero attached hydrogens (tertiary/aromatic N) is 3. The summed E-state index contributed by atoms with van der Waals surface area (Å²) in [6.45, 7) is 2.20. The van der Waals surface area contributed by atoms with Crippen LogP contribution in [0.3, 0.4) is 0 Å². The number of fused-ring (bicyclic) bond motifs is 1. The maximum atomic E-state index is 14.2. The van der Waals surface area contributed by atoms with Gasteiger partial charge in [0.15, 0.2) is 0 Å². The van der Waals surface area contributed by atoms with E-state index < -0.39 is 16.0 Å². The van der Waals surface area contributed by atoms with E-state index in [1.165, 1.54) is 22.4 Å². The number of nitrogens with one attached hydrogen (secondary N) is 2. The van der Waals surface area contributed by atoms with Crippen LogP contribution in [0.5, 0.6) is 0 Å². The monoisotopic (exact) mass is 425 g/mol. The van der Waals surface area contributed by atoms with Gasteiger partial charge in [0.25, 0.3) is 10.0 Å². The number of hydrogen-bond donors (Lipinski definition) is 2. The standard InChI is InChI=1S/C21H20FN5O2S/c1-14-5-8-19(21(22)25-14)26-16-6-7-18-15(11-23-2)13-27(20(18)10-16)30(28,29)17-4-3-9-24-12-17/h3-10,12-13,23,26H,11H2,1-2H3. The van der Waals surface area contributed by atoms with Gasteiger partial charge in [-0.25, -0.2) is 17.4 Å². The first-order chi connectivity index (χ1) is 14.4. The third-order valence-electron chi connectivity index (χ3n) is 4.68. The number of benzene rings is 1. The minimum Gasteiger partial charge on any atom is -0.352 e. The minimum absolute atomic E-state index is 0.0880. The van der Waals surface area contributed by atoms with Crippen LogP contribution in [0.2, 0.25) is 0 Å². The van der Waals surface area contributed by atoms with Crippen molar-refractivity contribution in [1.82, 2.24) is 19.3 Å². The normalized spacial score (nSPS) is 11.7. The molecule has 2 N–H and O–H groups in total. The Morgan fingerprint density at radius 3 is 2.70 bits per heavy atom. The first-order valence-corrected chi connectivity index (χ1v) is 10.7. The molecule has 4 rings (SSSR count). The molecule has 154 valence electrons. The molecule has 0 amide bonds. The number of aryl methyl sites for hydroxylation is 1. The average Bonchev–Trinajstić information content (AvgIpc) is 3.10. The molecule has 0 atom stereocenters. The van der Waals surface area contributed by atoms with Gasteiger partial charge in [-0.1, -0.05) is 6.07 Å². The van der Waals surface area contributed by atoms with E-state index in [2.05, 4.69) is 20.6 Å². The van der Waals surface area contributed by atoms with Gasteiger partial charge in [0.1, 0.15) is 4.90 Å². The minimum atomic E-state index is -3.85. The second kappa shape index (κ2) is 7.85. The summed E-state index contributed by atoms with van der Waals surface area (Å²) >= 11 is 0. The summed E-state index contributed by atoms with van der Waals surface area (Å²) in [6.07, 6.45) is 4.43. The smallest absolute Gasteiger partial charge is 0.269 e. The third kappa shape index (κ3) is 3.64. The van der Waals surface area contributed by atoms with Crippen molar-refractivity contribution in [1.29, 1.82) is 0 Å². The summed E-state index contributed by atoms with van der Waals surface area (Å²) < 4.78 is 41.9. The lowest BCUT2D eigenvalue weighted by Gasteiger charge is -2.10. The molecule has 0 radical (unpaired) electrons. The van der Waals surface area contributed by atoms with Crippen LogP contribution in [0.4, 0.5) is 15.8 Å². The highest BCUT2D eigenvalue weighted by Gasteiger charge is 2.21. The maximum Gasteiger partial charge on any atom is 0.269 e. The highest BCUT2D eigenvalue weighted by molar-refractivity contribution is 7.90. The van der Waals surface area contributed by atoms with Crippen LogP contribution < -0.4 is 10.6 Å². The molecule has 30 heavy (non-hydrogen) atoms. The first-order valence-electron chi connectivity index (χ1n) is 9.24. The molecule has 0 spiro atoms. The van der Waals surface area contributed by atoms with Crippen LogP contribution >= 0.6 is 0 Å².